The minimum absolute atomic E-state index is 0.317. The van der Waals surface area contributed by atoms with E-state index < -0.39 is 0 Å². The third-order valence-electron chi connectivity index (χ3n) is 2.92. The van der Waals surface area contributed by atoms with Crippen molar-refractivity contribution in [1.29, 1.82) is 5.41 Å². The summed E-state index contributed by atoms with van der Waals surface area (Å²) in [5.74, 6) is 1.19. The highest BCUT2D eigenvalue weighted by atomic mass is 35.5. The second kappa shape index (κ2) is 4.74. The van der Waals surface area contributed by atoms with Gasteiger partial charge in [-0.25, -0.2) is 0 Å². The summed E-state index contributed by atoms with van der Waals surface area (Å²) in [4.78, 5) is 4.02. The maximum atomic E-state index is 8.07. The zero-order valence-electron chi connectivity index (χ0n) is 9.36. The molecule has 1 atom stereocenters. The van der Waals surface area contributed by atoms with E-state index in [1.165, 1.54) is 0 Å². The lowest BCUT2D eigenvalue weighted by Crippen LogP contribution is -2.35. The first-order valence-corrected chi connectivity index (χ1v) is 5.97. The summed E-state index contributed by atoms with van der Waals surface area (Å²) in [6, 6.07) is 10.4. The molecule has 1 fully saturated rings. The van der Waals surface area contributed by atoms with Gasteiger partial charge in [0.25, 0.3) is 0 Å². The van der Waals surface area contributed by atoms with Crippen LogP contribution in [0.25, 0.3) is 0 Å². The van der Waals surface area contributed by atoms with E-state index in [1.54, 1.807) is 0 Å². The predicted octanol–water partition coefficient (Wildman–Crippen LogP) is 2.37. The SMILES string of the molecule is CN1CC(CCCl)N(c2ccccc2)C1=N. The fourth-order valence-electron chi connectivity index (χ4n) is 2.11. The van der Waals surface area contributed by atoms with Gasteiger partial charge in [-0.1, -0.05) is 18.2 Å². The minimum atomic E-state index is 0.317. The Morgan fingerprint density at radius 1 is 1.38 bits per heavy atom. The number of hydrogen-bond donors (Lipinski definition) is 1. The molecule has 0 spiro atoms. The quantitative estimate of drug-likeness (QED) is 0.819. The fourth-order valence-corrected chi connectivity index (χ4v) is 2.36. The molecule has 1 aliphatic rings. The summed E-state index contributed by atoms with van der Waals surface area (Å²) in [6.07, 6.45) is 0.906. The number of nitrogens with zero attached hydrogens (tertiary/aromatic N) is 2. The summed E-state index contributed by atoms with van der Waals surface area (Å²) in [6.45, 7) is 0.875. The molecule has 0 saturated carbocycles. The lowest BCUT2D eigenvalue weighted by molar-refractivity contribution is 0.504. The van der Waals surface area contributed by atoms with Crippen molar-refractivity contribution in [2.45, 2.75) is 12.5 Å². The predicted molar refractivity (Wildman–Crippen MR) is 68.4 cm³/mol. The van der Waals surface area contributed by atoms with Crippen molar-refractivity contribution in [2.75, 3.05) is 24.4 Å². The maximum absolute atomic E-state index is 8.07. The number of para-hydroxylation sites is 1. The van der Waals surface area contributed by atoms with Crippen LogP contribution in [0.1, 0.15) is 6.42 Å². The van der Waals surface area contributed by atoms with E-state index in [4.69, 9.17) is 17.0 Å². The fraction of sp³-hybridized carbons (Fsp3) is 0.417. The smallest absolute Gasteiger partial charge is 0.198 e. The van der Waals surface area contributed by atoms with E-state index in [0.717, 1.165) is 18.7 Å². The second-order valence-corrected chi connectivity index (χ2v) is 4.42. The summed E-state index contributed by atoms with van der Waals surface area (Å²) >= 11 is 5.81. The van der Waals surface area contributed by atoms with Gasteiger partial charge in [0.2, 0.25) is 0 Å². The lowest BCUT2D eigenvalue weighted by Gasteiger charge is -2.24. The Morgan fingerprint density at radius 2 is 2.06 bits per heavy atom. The zero-order chi connectivity index (χ0) is 11.5. The maximum Gasteiger partial charge on any atom is 0.198 e. The molecule has 1 N–H and O–H groups in total. The molecule has 86 valence electrons. The Morgan fingerprint density at radius 3 is 2.69 bits per heavy atom. The van der Waals surface area contributed by atoms with Gasteiger partial charge in [-0.05, 0) is 18.6 Å². The molecule has 0 bridgehead atoms. The standard InChI is InChI=1S/C12H16ClN3/c1-15-9-11(7-8-13)16(12(15)14)10-5-3-2-4-6-10/h2-6,11,14H,7-9H2,1H3. The Labute approximate surface area is 101 Å². The van der Waals surface area contributed by atoms with Crippen LogP contribution >= 0.6 is 11.6 Å². The van der Waals surface area contributed by atoms with Crippen LogP contribution in [-0.4, -0.2) is 36.4 Å². The Hall–Kier alpha value is -1.22. The first-order valence-electron chi connectivity index (χ1n) is 5.44. The number of guanidine groups is 1. The van der Waals surface area contributed by atoms with E-state index in [-0.39, 0.29) is 0 Å². The van der Waals surface area contributed by atoms with Gasteiger partial charge >= 0.3 is 0 Å². The zero-order valence-corrected chi connectivity index (χ0v) is 10.1. The molecule has 0 amide bonds. The second-order valence-electron chi connectivity index (χ2n) is 4.04. The molecule has 3 nitrogen and oxygen atoms in total. The van der Waals surface area contributed by atoms with Crippen molar-refractivity contribution in [3.8, 4) is 0 Å². The number of halogens is 1. The summed E-state index contributed by atoms with van der Waals surface area (Å²) in [5, 5.41) is 8.07. The van der Waals surface area contributed by atoms with Crippen LogP contribution in [0.4, 0.5) is 5.69 Å². The number of likely N-dealkylation sites (N-methyl/N-ethyl adjacent to an activating group) is 1. The van der Waals surface area contributed by atoms with Crippen LogP contribution in [-0.2, 0) is 0 Å². The van der Waals surface area contributed by atoms with E-state index in [2.05, 4.69) is 4.90 Å². The molecular formula is C12H16ClN3. The third kappa shape index (κ3) is 2.00. The average Bonchev–Trinajstić information content (AvgIpc) is 2.57. The van der Waals surface area contributed by atoms with Crippen molar-refractivity contribution >= 4 is 23.2 Å². The number of anilines is 1. The molecule has 1 unspecified atom stereocenters. The van der Waals surface area contributed by atoms with Crippen molar-refractivity contribution < 1.29 is 0 Å². The van der Waals surface area contributed by atoms with E-state index >= 15 is 0 Å². The molecule has 0 aromatic heterocycles. The number of alkyl halides is 1. The van der Waals surface area contributed by atoms with Crippen LogP contribution in [0.3, 0.4) is 0 Å². The van der Waals surface area contributed by atoms with E-state index in [1.807, 2.05) is 42.3 Å². The van der Waals surface area contributed by atoms with E-state index in [0.29, 0.717) is 17.9 Å². The van der Waals surface area contributed by atoms with Crippen LogP contribution in [0.2, 0.25) is 0 Å². The number of nitrogens with one attached hydrogen (secondary N) is 1. The van der Waals surface area contributed by atoms with Gasteiger partial charge in [-0.15, -0.1) is 11.6 Å². The van der Waals surface area contributed by atoms with Crippen LogP contribution in [0, 0.1) is 5.41 Å². The first kappa shape index (κ1) is 11.3. The van der Waals surface area contributed by atoms with Gasteiger partial charge in [-0.2, -0.15) is 0 Å². The van der Waals surface area contributed by atoms with Crippen LogP contribution in [0.5, 0.6) is 0 Å². The van der Waals surface area contributed by atoms with Gasteiger partial charge < -0.3 is 9.80 Å². The number of benzene rings is 1. The average molecular weight is 238 g/mol. The largest absolute Gasteiger partial charge is 0.344 e. The molecule has 0 aliphatic carbocycles. The minimum Gasteiger partial charge on any atom is -0.344 e. The molecule has 1 aromatic rings. The van der Waals surface area contributed by atoms with Crippen LogP contribution in [0.15, 0.2) is 30.3 Å². The van der Waals surface area contributed by atoms with Gasteiger partial charge in [-0.3, -0.25) is 5.41 Å². The lowest BCUT2D eigenvalue weighted by atomic mass is 10.2. The summed E-state index contributed by atoms with van der Waals surface area (Å²) < 4.78 is 0. The summed E-state index contributed by atoms with van der Waals surface area (Å²) in [5.41, 5.74) is 1.08. The van der Waals surface area contributed by atoms with E-state index in [9.17, 15) is 0 Å². The number of rotatable bonds is 3. The van der Waals surface area contributed by atoms with Gasteiger partial charge in [0.05, 0.1) is 6.04 Å². The molecule has 1 heterocycles. The molecule has 1 saturated heterocycles. The molecule has 16 heavy (non-hydrogen) atoms. The third-order valence-corrected chi connectivity index (χ3v) is 3.13. The van der Waals surface area contributed by atoms with Crippen molar-refractivity contribution in [3.63, 3.8) is 0 Å². The van der Waals surface area contributed by atoms with Gasteiger partial charge in [0, 0.05) is 25.2 Å². The van der Waals surface area contributed by atoms with Crippen molar-refractivity contribution in [1.82, 2.24) is 4.90 Å². The van der Waals surface area contributed by atoms with Crippen molar-refractivity contribution in [3.05, 3.63) is 30.3 Å². The van der Waals surface area contributed by atoms with Gasteiger partial charge in [0.15, 0.2) is 5.96 Å². The topological polar surface area (TPSA) is 30.3 Å². The first-order chi connectivity index (χ1) is 7.74. The number of hydrogen-bond acceptors (Lipinski definition) is 1. The van der Waals surface area contributed by atoms with Crippen LogP contribution < -0.4 is 4.90 Å². The molecular weight excluding hydrogens is 222 g/mol. The highest BCUT2D eigenvalue weighted by Gasteiger charge is 2.32. The highest BCUT2D eigenvalue weighted by molar-refractivity contribution is 6.18. The molecule has 2 rings (SSSR count). The Balaban J connectivity index is 2.26. The molecule has 4 heteroatoms. The monoisotopic (exact) mass is 237 g/mol. The Bertz CT molecular complexity index is 366. The normalized spacial score (nSPS) is 20.6. The Kier molecular flexibility index (Phi) is 3.34. The summed E-state index contributed by atoms with van der Waals surface area (Å²) in [7, 11) is 1.95. The molecule has 1 aliphatic heterocycles. The molecule has 0 radical (unpaired) electrons. The van der Waals surface area contributed by atoms with Crippen molar-refractivity contribution in [2.24, 2.45) is 0 Å². The highest BCUT2D eigenvalue weighted by Crippen LogP contribution is 2.24. The van der Waals surface area contributed by atoms with Gasteiger partial charge in [0.1, 0.15) is 0 Å². The molecule has 1 aromatic carbocycles.